The predicted octanol–water partition coefficient (Wildman–Crippen LogP) is 1.33. The number of methoxy groups -OCH3 is 1. The fourth-order valence-corrected chi connectivity index (χ4v) is 1.81. The normalized spacial score (nSPS) is 11.5. The van der Waals surface area contributed by atoms with Crippen LogP contribution < -0.4 is 23.6 Å². The second-order valence-corrected chi connectivity index (χ2v) is 4.28. The number of hydrogen-bond acceptors (Lipinski definition) is 1. The molecular formula is C16H18LiNO. The first kappa shape index (κ1) is 15.9. The van der Waals surface area contributed by atoms with Crippen molar-refractivity contribution >= 4 is 0 Å². The summed E-state index contributed by atoms with van der Waals surface area (Å²) in [6, 6.07) is 18.6. The largest absolute Gasteiger partial charge is 1.00 e. The molecule has 2 nitrogen and oxygen atoms in total. The van der Waals surface area contributed by atoms with Crippen molar-refractivity contribution in [3.05, 3.63) is 71.0 Å². The maximum Gasteiger partial charge on any atom is 1.00 e. The molecule has 0 saturated heterocycles. The summed E-state index contributed by atoms with van der Waals surface area (Å²) in [6.45, 7) is 2.87. The summed E-state index contributed by atoms with van der Waals surface area (Å²) in [4.78, 5) is 0. The Labute approximate surface area is 127 Å². The van der Waals surface area contributed by atoms with Gasteiger partial charge in [0.05, 0.1) is 7.11 Å². The minimum atomic E-state index is 0. The van der Waals surface area contributed by atoms with Crippen molar-refractivity contribution in [1.29, 1.82) is 0 Å². The summed E-state index contributed by atoms with van der Waals surface area (Å²) >= 11 is 0. The number of nitrogens with zero attached hydrogens (tertiary/aromatic N) is 1. The minimum Gasteiger partial charge on any atom is -0.652 e. The summed E-state index contributed by atoms with van der Waals surface area (Å²) in [5, 5.41) is 4.68. The van der Waals surface area contributed by atoms with Gasteiger partial charge in [0.15, 0.2) is 0 Å². The van der Waals surface area contributed by atoms with Gasteiger partial charge in [-0.05, 0) is 12.1 Å². The molecule has 1 atom stereocenters. The molecule has 3 heteroatoms. The Hall–Kier alpha value is -1.20. The van der Waals surface area contributed by atoms with Gasteiger partial charge in [0.2, 0.25) is 0 Å². The molecule has 2 aromatic carbocycles. The van der Waals surface area contributed by atoms with E-state index < -0.39 is 0 Å². The van der Waals surface area contributed by atoms with Crippen LogP contribution in [-0.2, 0) is 6.54 Å². The zero-order valence-electron chi connectivity index (χ0n) is 11.8. The van der Waals surface area contributed by atoms with Crippen LogP contribution in [0.25, 0.3) is 5.32 Å². The van der Waals surface area contributed by atoms with Gasteiger partial charge < -0.3 is 10.1 Å². The average Bonchev–Trinajstić information content (AvgIpc) is 2.46. The van der Waals surface area contributed by atoms with Gasteiger partial charge in [0, 0.05) is 0 Å². The summed E-state index contributed by atoms with van der Waals surface area (Å²) in [5.74, 6) is 0.883. The third-order valence-electron chi connectivity index (χ3n) is 2.99. The Morgan fingerprint density at radius 3 is 2.21 bits per heavy atom. The molecule has 19 heavy (non-hydrogen) atoms. The quantitative estimate of drug-likeness (QED) is 0.731. The van der Waals surface area contributed by atoms with Gasteiger partial charge in [-0.2, -0.15) is 0 Å². The van der Waals surface area contributed by atoms with E-state index in [1.807, 2.05) is 30.3 Å². The molecule has 0 aliphatic rings. The summed E-state index contributed by atoms with van der Waals surface area (Å²) in [5.41, 5.74) is 2.46. The maximum atomic E-state index is 5.15. The number of ether oxygens (including phenoxy) is 1. The first-order valence-corrected chi connectivity index (χ1v) is 6.14. The molecule has 0 spiro atoms. The second-order valence-electron chi connectivity index (χ2n) is 4.28. The zero-order chi connectivity index (χ0) is 12.8. The number of hydrogen-bond donors (Lipinski definition) is 0. The van der Waals surface area contributed by atoms with Gasteiger partial charge in [-0.15, -0.1) is 12.6 Å². The average molecular weight is 247 g/mol. The molecule has 0 heterocycles. The summed E-state index contributed by atoms with van der Waals surface area (Å²) < 4.78 is 5.15. The first-order chi connectivity index (χ1) is 8.79. The first-order valence-electron chi connectivity index (χ1n) is 6.14. The Morgan fingerprint density at radius 2 is 1.63 bits per heavy atom. The van der Waals surface area contributed by atoms with E-state index in [1.165, 1.54) is 11.1 Å². The fraction of sp³-hybridized carbons (Fsp3) is 0.250. The van der Waals surface area contributed by atoms with Crippen LogP contribution in [-0.4, -0.2) is 7.11 Å². The van der Waals surface area contributed by atoms with Gasteiger partial charge in [-0.1, -0.05) is 60.5 Å². The van der Waals surface area contributed by atoms with Crippen LogP contribution in [0.5, 0.6) is 5.75 Å². The number of benzene rings is 2. The molecule has 0 aliphatic carbocycles. The molecule has 94 valence electrons. The van der Waals surface area contributed by atoms with Crippen molar-refractivity contribution in [3.63, 3.8) is 0 Å². The van der Waals surface area contributed by atoms with Crippen molar-refractivity contribution in [2.75, 3.05) is 7.11 Å². The Kier molecular flexibility index (Phi) is 6.73. The van der Waals surface area contributed by atoms with Gasteiger partial charge in [-0.3, -0.25) is 0 Å². The standard InChI is InChI=1S/C16H18NO.Li/c1-13(15-8-10-16(18-2)11-9-15)17-12-14-6-4-3-5-7-14;/h3-11,13H,12H2,1-2H3;/q-1;+1/t13-;/m0./s1. The predicted molar refractivity (Wildman–Crippen MR) is 74.9 cm³/mol. The second kappa shape index (κ2) is 8.07. The van der Waals surface area contributed by atoms with E-state index in [1.54, 1.807) is 7.11 Å². The van der Waals surface area contributed by atoms with Crippen LogP contribution in [0.15, 0.2) is 54.6 Å². The van der Waals surface area contributed by atoms with Crippen LogP contribution in [0.4, 0.5) is 0 Å². The molecular weight excluding hydrogens is 229 g/mol. The van der Waals surface area contributed by atoms with E-state index in [2.05, 4.69) is 36.5 Å². The minimum absolute atomic E-state index is 0. The van der Waals surface area contributed by atoms with Crippen LogP contribution in [0.3, 0.4) is 0 Å². The molecule has 0 N–H and O–H groups in total. The fourth-order valence-electron chi connectivity index (χ4n) is 1.81. The number of rotatable bonds is 5. The van der Waals surface area contributed by atoms with Crippen LogP contribution in [0, 0.1) is 0 Å². The topological polar surface area (TPSA) is 23.3 Å². The zero-order valence-corrected chi connectivity index (χ0v) is 11.8. The molecule has 0 radical (unpaired) electrons. The van der Waals surface area contributed by atoms with Gasteiger partial charge in [0.25, 0.3) is 0 Å². The van der Waals surface area contributed by atoms with Gasteiger partial charge >= 0.3 is 18.9 Å². The third-order valence-corrected chi connectivity index (χ3v) is 2.99. The van der Waals surface area contributed by atoms with E-state index in [4.69, 9.17) is 4.74 Å². The van der Waals surface area contributed by atoms with Crippen molar-refractivity contribution in [3.8, 4) is 5.75 Å². The van der Waals surface area contributed by atoms with Crippen LogP contribution in [0.1, 0.15) is 24.1 Å². The van der Waals surface area contributed by atoms with Crippen molar-refractivity contribution in [2.45, 2.75) is 19.5 Å². The molecule has 0 aliphatic heterocycles. The molecule has 2 aromatic rings. The monoisotopic (exact) mass is 247 g/mol. The molecule has 0 unspecified atom stereocenters. The third kappa shape index (κ3) is 4.76. The van der Waals surface area contributed by atoms with Gasteiger partial charge in [-0.25, -0.2) is 0 Å². The Morgan fingerprint density at radius 1 is 1.00 bits per heavy atom. The van der Waals surface area contributed by atoms with Crippen molar-refractivity contribution in [2.24, 2.45) is 0 Å². The summed E-state index contributed by atoms with van der Waals surface area (Å²) in [7, 11) is 1.68. The van der Waals surface area contributed by atoms with Crippen LogP contribution >= 0.6 is 0 Å². The van der Waals surface area contributed by atoms with E-state index in [0.29, 0.717) is 0 Å². The molecule has 0 amide bonds. The van der Waals surface area contributed by atoms with E-state index in [0.717, 1.165) is 12.3 Å². The Bertz CT molecular complexity index is 470. The van der Waals surface area contributed by atoms with E-state index in [9.17, 15) is 0 Å². The summed E-state index contributed by atoms with van der Waals surface area (Å²) in [6.07, 6.45) is 0. The SMILES string of the molecule is COc1ccc([C@H](C)[N-]Cc2ccccc2)cc1.[Li+]. The Balaban J connectivity index is 0.00000180. The van der Waals surface area contributed by atoms with Gasteiger partial charge in [0.1, 0.15) is 5.75 Å². The molecule has 0 fully saturated rings. The molecule has 0 aromatic heterocycles. The molecule has 2 rings (SSSR count). The smallest absolute Gasteiger partial charge is 0.652 e. The molecule has 0 bridgehead atoms. The van der Waals surface area contributed by atoms with E-state index >= 15 is 0 Å². The van der Waals surface area contributed by atoms with Crippen molar-refractivity contribution < 1.29 is 23.6 Å². The van der Waals surface area contributed by atoms with Crippen LogP contribution in [0.2, 0.25) is 0 Å². The van der Waals surface area contributed by atoms with Crippen molar-refractivity contribution in [1.82, 2.24) is 0 Å². The van der Waals surface area contributed by atoms with E-state index in [-0.39, 0.29) is 24.9 Å². The maximum absolute atomic E-state index is 5.15. The molecule has 0 saturated carbocycles.